The number of aryl methyl sites for hydroxylation is 4. The summed E-state index contributed by atoms with van der Waals surface area (Å²) in [6, 6.07) is 13.9. The molecule has 7 nitrogen and oxygen atoms in total. The molecule has 0 atom stereocenters. The van der Waals surface area contributed by atoms with Gasteiger partial charge >= 0.3 is 0 Å². The highest BCUT2D eigenvalue weighted by Gasteiger charge is 2.18. The van der Waals surface area contributed by atoms with Gasteiger partial charge in [0.05, 0.1) is 27.7 Å². The van der Waals surface area contributed by atoms with Gasteiger partial charge in [0.2, 0.25) is 5.91 Å². The summed E-state index contributed by atoms with van der Waals surface area (Å²) in [6.45, 7) is 6.04. The topological polar surface area (TPSA) is 93.4 Å². The Bertz CT molecular complexity index is 1480. The van der Waals surface area contributed by atoms with Crippen molar-refractivity contribution in [2.24, 2.45) is 0 Å². The second kappa shape index (κ2) is 10.2. The Balaban J connectivity index is 1.41. The first kappa shape index (κ1) is 24.9. The third-order valence-corrected chi connectivity index (χ3v) is 7.41. The lowest BCUT2D eigenvalue weighted by molar-refractivity contribution is -0.119. The Morgan fingerprint density at radius 2 is 1.71 bits per heavy atom. The molecule has 4 rings (SSSR count). The maximum atomic E-state index is 12.3. The van der Waals surface area contributed by atoms with Crippen molar-refractivity contribution in [3.8, 4) is 11.3 Å². The molecule has 182 valence electrons. The number of hydrogen-bond acceptors (Lipinski definition) is 5. The number of nitrogens with one attached hydrogen (secondary N) is 1. The van der Waals surface area contributed by atoms with Crippen LogP contribution in [0, 0.1) is 13.8 Å². The van der Waals surface area contributed by atoms with Crippen LogP contribution in [0.2, 0.25) is 5.02 Å². The van der Waals surface area contributed by atoms with Crippen molar-refractivity contribution in [1.82, 2.24) is 19.1 Å². The number of carbonyl (C=O) groups is 1. The molecule has 1 N–H and O–H groups in total. The van der Waals surface area contributed by atoms with Crippen LogP contribution >= 0.6 is 11.6 Å². The number of halogens is 1. The summed E-state index contributed by atoms with van der Waals surface area (Å²) < 4.78 is 28.9. The molecule has 2 aromatic carbocycles. The average molecular weight is 511 g/mol. The van der Waals surface area contributed by atoms with Crippen LogP contribution in [-0.4, -0.2) is 28.7 Å². The predicted octanol–water partition coefficient (Wildman–Crippen LogP) is 5.06. The number of imidazole rings is 1. The normalized spacial score (nSPS) is 11.7. The van der Waals surface area contributed by atoms with E-state index in [0.29, 0.717) is 17.9 Å². The molecular formula is C26H27ClN4O3S. The van der Waals surface area contributed by atoms with Gasteiger partial charge in [-0.25, -0.2) is 18.1 Å². The van der Waals surface area contributed by atoms with E-state index >= 15 is 0 Å². The fourth-order valence-electron chi connectivity index (χ4n) is 4.10. The Morgan fingerprint density at radius 1 is 1.03 bits per heavy atom. The van der Waals surface area contributed by atoms with Crippen molar-refractivity contribution in [3.05, 3.63) is 82.4 Å². The molecule has 0 bridgehead atoms. The lowest BCUT2D eigenvalue weighted by Gasteiger charge is -2.09. The molecule has 0 fully saturated rings. The Hall–Kier alpha value is -3.23. The van der Waals surface area contributed by atoms with Gasteiger partial charge in [0.1, 0.15) is 0 Å². The molecule has 0 radical (unpaired) electrons. The molecule has 4 aromatic rings. The van der Waals surface area contributed by atoms with Crippen LogP contribution in [0.4, 0.5) is 0 Å². The first-order valence-corrected chi connectivity index (χ1v) is 13.3. The minimum absolute atomic E-state index is 0.00542. The van der Waals surface area contributed by atoms with Gasteiger partial charge < -0.3 is 0 Å². The maximum absolute atomic E-state index is 12.3. The van der Waals surface area contributed by atoms with Crippen molar-refractivity contribution in [2.75, 3.05) is 0 Å². The lowest BCUT2D eigenvalue weighted by atomic mass is 10.0. The summed E-state index contributed by atoms with van der Waals surface area (Å²) in [5.74, 6) is -0.533. The number of fused-ring (bicyclic) bond motifs is 1. The second-order valence-corrected chi connectivity index (χ2v) is 10.6. The summed E-state index contributed by atoms with van der Waals surface area (Å²) in [4.78, 5) is 21.5. The first-order valence-electron chi connectivity index (χ1n) is 11.4. The SMILES string of the molecule is CCc1nc2c(C)nc(C)cn2c1-c1ccc(CCCC(=O)NS(=O)(=O)c2ccc(Cl)cc2)cc1. The van der Waals surface area contributed by atoms with Crippen LogP contribution < -0.4 is 4.72 Å². The third-order valence-electron chi connectivity index (χ3n) is 5.77. The molecule has 0 aliphatic carbocycles. The molecule has 0 unspecified atom stereocenters. The molecule has 0 saturated heterocycles. The van der Waals surface area contributed by atoms with E-state index in [0.717, 1.165) is 46.0 Å². The third kappa shape index (κ3) is 5.55. The average Bonchev–Trinajstić information content (AvgIpc) is 3.18. The van der Waals surface area contributed by atoms with Crippen molar-refractivity contribution >= 4 is 33.2 Å². The monoisotopic (exact) mass is 510 g/mol. The van der Waals surface area contributed by atoms with Crippen LogP contribution in [0.5, 0.6) is 0 Å². The van der Waals surface area contributed by atoms with Crippen LogP contribution in [0.3, 0.4) is 0 Å². The smallest absolute Gasteiger partial charge is 0.264 e. The van der Waals surface area contributed by atoms with Crippen molar-refractivity contribution in [3.63, 3.8) is 0 Å². The second-order valence-electron chi connectivity index (χ2n) is 8.46. The molecule has 35 heavy (non-hydrogen) atoms. The van der Waals surface area contributed by atoms with Gasteiger partial charge in [-0.05, 0) is 62.9 Å². The maximum Gasteiger partial charge on any atom is 0.264 e. The molecule has 0 aliphatic heterocycles. The molecule has 2 heterocycles. The zero-order chi connectivity index (χ0) is 25.2. The van der Waals surface area contributed by atoms with Crippen LogP contribution in [0.15, 0.2) is 59.6 Å². The minimum atomic E-state index is -3.90. The number of carbonyl (C=O) groups excluding carboxylic acids is 1. The summed E-state index contributed by atoms with van der Waals surface area (Å²) in [7, 11) is -3.90. The van der Waals surface area contributed by atoms with Gasteiger partial charge in [-0.2, -0.15) is 0 Å². The standard InChI is InChI=1S/C26H27ClN4O3S/c1-4-23-25(31-16-17(2)28-18(3)26(31)29-23)20-10-8-19(9-11-20)6-5-7-24(32)30-35(33,34)22-14-12-21(27)13-15-22/h8-16H,4-7H2,1-3H3,(H,30,32). The first-order chi connectivity index (χ1) is 16.7. The van der Waals surface area contributed by atoms with Crippen molar-refractivity contribution < 1.29 is 13.2 Å². The summed E-state index contributed by atoms with van der Waals surface area (Å²) in [5, 5.41) is 0.427. The molecular weight excluding hydrogens is 484 g/mol. The van der Waals surface area contributed by atoms with Crippen molar-refractivity contribution in [1.29, 1.82) is 0 Å². The summed E-state index contributed by atoms with van der Waals surface area (Å²) >= 11 is 5.80. The Labute approximate surface area is 210 Å². The van der Waals surface area contributed by atoms with Gasteiger partial charge in [0.15, 0.2) is 5.65 Å². The zero-order valence-electron chi connectivity index (χ0n) is 19.9. The number of nitrogens with zero attached hydrogens (tertiary/aromatic N) is 3. The van der Waals surface area contributed by atoms with E-state index in [1.807, 2.05) is 32.2 Å². The van der Waals surface area contributed by atoms with Gasteiger partial charge in [0.25, 0.3) is 10.0 Å². The van der Waals surface area contributed by atoms with Gasteiger partial charge in [-0.3, -0.25) is 14.2 Å². The van der Waals surface area contributed by atoms with E-state index in [-0.39, 0.29) is 11.3 Å². The number of aromatic nitrogens is 3. The number of sulfonamides is 1. The Morgan fingerprint density at radius 3 is 2.37 bits per heavy atom. The Kier molecular flexibility index (Phi) is 7.23. The van der Waals surface area contributed by atoms with E-state index in [4.69, 9.17) is 16.6 Å². The molecule has 0 saturated carbocycles. The molecule has 0 spiro atoms. The van der Waals surface area contributed by atoms with Gasteiger partial charge in [-0.15, -0.1) is 0 Å². The van der Waals surface area contributed by atoms with Gasteiger partial charge in [0, 0.05) is 23.2 Å². The van der Waals surface area contributed by atoms with E-state index in [1.165, 1.54) is 24.3 Å². The van der Waals surface area contributed by atoms with Crippen LogP contribution in [-0.2, 0) is 27.7 Å². The number of amides is 1. The molecule has 0 aliphatic rings. The minimum Gasteiger partial charge on any atom is -0.296 e. The quantitative estimate of drug-likeness (QED) is 0.357. The zero-order valence-corrected chi connectivity index (χ0v) is 21.4. The molecule has 9 heteroatoms. The van der Waals surface area contributed by atoms with Gasteiger partial charge in [-0.1, -0.05) is 42.8 Å². The largest absolute Gasteiger partial charge is 0.296 e. The highest BCUT2D eigenvalue weighted by molar-refractivity contribution is 7.90. The van der Waals surface area contributed by atoms with Crippen LogP contribution in [0.25, 0.3) is 16.9 Å². The van der Waals surface area contributed by atoms with Crippen LogP contribution in [0.1, 0.15) is 42.4 Å². The van der Waals surface area contributed by atoms with E-state index < -0.39 is 15.9 Å². The number of benzene rings is 2. The van der Waals surface area contributed by atoms with E-state index in [2.05, 4.69) is 33.2 Å². The highest BCUT2D eigenvalue weighted by Crippen LogP contribution is 2.27. The molecule has 2 aromatic heterocycles. The predicted molar refractivity (Wildman–Crippen MR) is 137 cm³/mol. The summed E-state index contributed by atoms with van der Waals surface area (Å²) in [5.41, 5.74) is 6.92. The lowest BCUT2D eigenvalue weighted by Crippen LogP contribution is -2.30. The van der Waals surface area contributed by atoms with E-state index in [9.17, 15) is 13.2 Å². The summed E-state index contributed by atoms with van der Waals surface area (Å²) in [6.07, 6.45) is 4.11. The van der Waals surface area contributed by atoms with E-state index in [1.54, 1.807) is 0 Å². The highest BCUT2D eigenvalue weighted by atomic mass is 35.5. The number of hydrogen-bond donors (Lipinski definition) is 1. The molecule has 1 amide bonds. The number of rotatable bonds is 8. The van der Waals surface area contributed by atoms with Crippen molar-refractivity contribution in [2.45, 2.75) is 51.3 Å². The fourth-order valence-corrected chi connectivity index (χ4v) is 5.24. The fraction of sp³-hybridized carbons (Fsp3) is 0.269.